The highest BCUT2D eigenvalue weighted by molar-refractivity contribution is 6.10. The predicted octanol–water partition coefficient (Wildman–Crippen LogP) is 3.01. The van der Waals surface area contributed by atoms with Crippen LogP contribution in [0.4, 0.5) is 0 Å². The summed E-state index contributed by atoms with van der Waals surface area (Å²) in [4.78, 5) is 34.1. The number of hydrogen-bond acceptors (Lipinski definition) is 7. The Morgan fingerprint density at radius 3 is 2.21 bits per heavy atom. The summed E-state index contributed by atoms with van der Waals surface area (Å²) in [5, 5.41) is 0. The first-order valence-electron chi connectivity index (χ1n) is 11.1. The summed E-state index contributed by atoms with van der Waals surface area (Å²) in [5.74, 6) is 1.22. The molecule has 1 saturated heterocycles. The van der Waals surface area contributed by atoms with Crippen molar-refractivity contribution >= 4 is 23.6 Å². The average Bonchev–Trinajstić information content (AvgIpc) is 3.22. The smallest absolute Gasteiger partial charge is 0.234 e. The number of aliphatic imine (C=N–C) groups is 1. The molecule has 0 spiro atoms. The lowest BCUT2D eigenvalue weighted by molar-refractivity contribution is -0.150. The second-order valence-electron chi connectivity index (χ2n) is 8.32. The van der Waals surface area contributed by atoms with Gasteiger partial charge in [0.2, 0.25) is 11.7 Å². The molecule has 2 heterocycles. The molecule has 2 aliphatic heterocycles. The maximum absolute atomic E-state index is 13.2. The van der Waals surface area contributed by atoms with Crippen molar-refractivity contribution in [2.24, 2.45) is 10.9 Å². The molecule has 0 aliphatic carbocycles. The van der Waals surface area contributed by atoms with Gasteiger partial charge in [-0.15, -0.1) is 0 Å². The number of carbonyl (C=O) groups is 2. The Hall–Kier alpha value is -3.81. The standard InChI is InChI=1S/C26H29N3O5/c1-16-23(30)22-25(28(2)26(16)31)27-21(29(22)15-17-9-7-6-8-10-17)12-11-18-13-19(32-3)24(34-5)20(14-18)33-4/h6-14,16,22,25H,15H2,1-5H3/b12-11+. The maximum Gasteiger partial charge on any atom is 0.234 e. The molecule has 0 bridgehead atoms. The number of likely N-dealkylation sites (N-methyl/N-ethyl adjacent to an activating group) is 1. The van der Waals surface area contributed by atoms with Crippen LogP contribution in [0.5, 0.6) is 17.2 Å². The van der Waals surface area contributed by atoms with Crippen molar-refractivity contribution in [1.29, 1.82) is 0 Å². The lowest BCUT2D eigenvalue weighted by atomic mass is 9.90. The molecule has 1 amide bonds. The molecule has 0 saturated carbocycles. The molecular weight excluding hydrogens is 434 g/mol. The number of amides is 1. The molecule has 8 nitrogen and oxygen atoms in total. The van der Waals surface area contributed by atoms with Gasteiger partial charge in [-0.2, -0.15) is 0 Å². The fourth-order valence-electron chi connectivity index (χ4n) is 4.46. The van der Waals surface area contributed by atoms with Gasteiger partial charge < -0.3 is 24.0 Å². The highest BCUT2D eigenvalue weighted by Gasteiger charge is 2.50. The molecule has 0 radical (unpaired) electrons. The van der Waals surface area contributed by atoms with Crippen LogP contribution in [0, 0.1) is 5.92 Å². The number of fused-ring (bicyclic) bond motifs is 1. The molecule has 3 atom stereocenters. The number of amidine groups is 1. The minimum Gasteiger partial charge on any atom is -0.493 e. The van der Waals surface area contributed by atoms with Crippen molar-refractivity contribution < 1.29 is 23.8 Å². The van der Waals surface area contributed by atoms with Gasteiger partial charge >= 0.3 is 0 Å². The van der Waals surface area contributed by atoms with Crippen LogP contribution in [-0.2, 0) is 16.1 Å². The van der Waals surface area contributed by atoms with Gasteiger partial charge in [0.1, 0.15) is 11.9 Å². The number of benzene rings is 2. The highest BCUT2D eigenvalue weighted by Crippen LogP contribution is 2.39. The summed E-state index contributed by atoms with van der Waals surface area (Å²) in [6.07, 6.45) is 3.19. The van der Waals surface area contributed by atoms with Crippen LogP contribution in [0.15, 0.2) is 53.5 Å². The molecule has 0 N–H and O–H groups in total. The summed E-state index contributed by atoms with van der Waals surface area (Å²) in [6.45, 7) is 2.17. The van der Waals surface area contributed by atoms with Crippen LogP contribution in [0.3, 0.4) is 0 Å². The maximum atomic E-state index is 13.2. The van der Waals surface area contributed by atoms with E-state index in [-0.39, 0.29) is 11.7 Å². The number of hydrogen-bond donors (Lipinski definition) is 0. The zero-order valence-corrected chi connectivity index (χ0v) is 20.0. The third-order valence-electron chi connectivity index (χ3n) is 6.32. The number of rotatable bonds is 7. The van der Waals surface area contributed by atoms with E-state index in [1.807, 2.05) is 59.5 Å². The number of ketones is 1. The largest absolute Gasteiger partial charge is 0.493 e. The first-order valence-corrected chi connectivity index (χ1v) is 11.1. The number of ether oxygens (including phenoxy) is 3. The molecule has 2 aliphatic rings. The fourth-order valence-corrected chi connectivity index (χ4v) is 4.46. The number of likely N-dealkylation sites (tertiary alicyclic amines) is 1. The van der Waals surface area contributed by atoms with Crippen LogP contribution in [-0.4, -0.2) is 67.9 Å². The van der Waals surface area contributed by atoms with E-state index in [4.69, 9.17) is 19.2 Å². The quantitative estimate of drug-likeness (QED) is 0.588. The minimum absolute atomic E-state index is 0.107. The molecule has 2 aromatic rings. The fraction of sp³-hybridized carbons (Fsp3) is 0.346. The normalized spacial score (nSPS) is 22.1. The van der Waals surface area contributed by atoms with Crippen molar-refractivity contribution in [3.63, 3.8) is 0 Å². The van der Waals surface area contributed by atoms with Crippen molar-refractivity contribution in [3.8, 4) is 17.2 Å². The lowest BCUT2D eigenvalue weighted by Gasteiger charge is -2.38. The predicted molar refractivity (Wildman–Crippen MR) is 129 cm³/mol. The van der Waals surface area contributed by atoms with E-state index in [0.717, 1.165) is 11.1 Å². The van der Waals surface area contributed by atoms with Gasteiger partial charge in [-0.3, -0.25) is 9.59 Å². The van der Waals surface area contributed by atoms with E-state index in [9.17, 15) is 9.59 Å². The molecule has 2 aromatic carbocycles. The Morgan fingerprint density at radius 1 is 0.971 bits per heavy atom. The Morgan fingerprint density at radius 2 is 1.62 bits per heavy atom. The number of Topliss-reactive ketones (excluding diaryl/α,β-unsaturated/α-hetero) is 1. The van der Waals surface area contributed by atoms with Crippen molar-refractivity contribution in [2.45, 2.75) is 25.7 Å². The number of carbonyl (C=O) groups excluding carboxylic acids is 2. The molecule has 4 rings (SSSR count). The Labute approximate surface area is 199 Å². The van der Waals surface area contributed by atoms with Crippen LogP contribution < -0.4 is 14.2 Å². The van der Waals surface area contributed by atoms with Gasteiger partial charge in [0.25, 0.3) is 0 Å². The van der Waals surface area contributed by atoms with Crippen molar-refractivity contribution in [1.82, 2.24) is 9.80 Å². The summed E-state index contributed by atoms with van der Waals surface area (Å²) in [6, 6.07) is 13.1. The number of piperidine rings is 1. The van der Waals surface area contributed by atoms with E-state index >= 15 is 0 Å². The summed E-state index contributed by atoms with van der Waals surface area (Å²) < 4.78 is 16.3. The Bertz CT molecular complexity index is 1120. The summed E-state index contributed by atoms with van der Waals surface area (Å²) in [5.41, 5.74) is 1.87. The zero-order chi connectivity index (χ0) is 24.4. The summed E-state index contributed by atoms with van der Waals surface area (Å²) >= 11 is 0. The van der Waals surface area contributed by atoms with Crippen LogP contribution in [0.25, 0.3) is 6.08 Å². The second kappa shape index (κ2) is 9.59. The van der Waals surface area contributed by atoms with Gasteiger partial charge in [0.15, 0.2) is 23.4 Å². The van der Waals surface area contributed by atoms with E-state index < -0.39 is 18.1 Å². The van der Waals surface area contributed by atoms with Gasteiger partial charge in [-0.25, -0.2) is 4.99 Å². The lowest BCUT2D eigenvalue weighted by Crippen LogP contribution is -2.60. The number of methoxy groups -OCH3 is 3. The van der Waals surface area contributed by atoms with Gasteiger partial charge in [-0.1, -0.05) is 36.4 Å². The summed E-state index contributed by atoms with van der Waals surface area (Å²) in [7, 11) is 6.40. The molecule has 3 unspecified atom stereocenters. The van der Waals surface area contributed by atoms with E-state index in [1.165, 1.54) is 0 Å². The highest BCUT2D eigenvalue weighted by atomic mass is 16.5. The van der Waals surface area contributed by atoms with E-state index in [0.29, 0.717) is 29.6 Å². The molecular formula is C26H29N3O5. The Kier molecular flexibility index (Phi) is 6.58. The van der Waals surface area contributed by atoms with E-state index in [2.05, 4.69) is 0 Å². The SMILES string of the molecule is COc1cc(/C=C/C2=NC3C(C(=O)C(C)C(=O)N3C)N2Cc2ccccc2)cc(OC)c1OC. The molecule has 34 heavy (non-hydrogen) atoms. The van der Waals surface area contributed by atoms with Crippen molar-refractivity contribution in [3.05, 3.63) is 59.7 Å². The van der Waals surface area contributed by atoms with Crippen LogP contribution in [0.1, 0.15) is 18.1 Å². The molecule has 178 valence electrons. The first-order chi connectivity index (χ1) is 16.4. The Balaban J connectivity index is 1.72. The van der Waals surface area contributed by atoms with Crippen molar-refractivity contribution in [2.75, 3.05) is 28.4 Å². The molecule has 1 fully saturated rings. The minimum atomic E-state index is -0.696. The van der Waals surface area contributed by atoms with Gasteiger partial charge in [0, 0.05) is 13.6 Å². The third-order valence-corrected chi connectivity index (χ3v) is 6.32. The van der Waals surface area contributed by atoms with Crippen LogP contribution in [0.2, 0.25) is 0 Å². The monoisotopic (exact) mass is 463 g/mol. The zero-order valence-electron chi connectivity index (χ0n) is 20.0. The number of nitrogens with zero attached hydrogens (tertiary/aromatic N) is 3. The topological polar surface area (TPSA) is 80.7 Å². The average molecular weight is 464 g/mol. The second-order valence-corrected chi connectivity index (χ2v) is 8.32. The third kappa shape index (κ3) is 4.11. The van der Waals surface area contributed by atoms with Gasteiger partial charge in [0.05, 0.1) is 27.2 Å². The molecule has 8 heteroatoms. The molecule has 0 aromatic heterocycles. The van der Waals surface area contributed by atoms with Gasteiger partial charge in [-0.05, 0) is 36.3 Å². The van der Waals surface area contributed by atoms with Crippen LogP contribution >= 0.6 is 0 Å². The first kappa shape index (κ1) is 23.4. The van der Waals surface area contributed by atoms with E-state index in [1.54, 1.807) is 40.2 Å².